The summed E-state index contributed by atoms with van der Waals surface area (Å²) in [5.74, 6) is 0. The second-order valence-corrected chi connectivity index (χ2v) is 0.791. The van der Waals surface area contributed by atoms with Gasteiger partial charge in [0.2, 0.25) is 0 Å². The minimum absolute atomic E-state index is 0. The van der Waals surface area contributed by atoms with E-state index in [1.54, 1.807) is 0 Å². The fraction of sp³-hybridized carbons (Fsp3) is 0. The third kappa shape index (κ3) is 350. The molecule has 10 heteroatoms. The van der Waals surface area contributed by atoms with E-state index in [1.165, 1.54) is 0 Å². The summed E-state index contributed by atoms with van der Waals surface area (Å²) >= 11 is 0. The van der Waals surface area contributed by atoms with E-state index < -0.39 is 15.9 Å². The Balaban J connectivity index is -0.0000000300. The second-order valence-electron chi connectivity index (χ2n) is 0.413. The van der Waals surface area contributed by atoms with Gasteiger partial charge in [0.25, 0.3) is 0 Å². The molecule has 0 aliphatic carbocycles. The molecule has 0 heterocycles. The van der Waals surface area contributed by atoms with Gasteiger partial charge in [0.15, 0.2) is 0 Å². The van der Waals surface area contributed by atoms with E-state index in [0.29, 0.717) is 0 Å². The van der Waals surface area contributed by atoms with Crippen molar-refractivity contribution in [1.29, 1.82) is 0 Å². The molecule has 50 valence electrons. The van der Waals surface area contributed by atoms with Crippen LogP contribution in [0.15, 0.2) is 0 Å². The number of halogens is 1. The standard InChI is InChI=1S/ClO3.NO3.2Na/c2*2-1(3)4;;/q2*-1;2*+1. The van der Waals surface area contributed by atoms with Crippen molar-refractivity contribution in [2.75, 3.05) is 0 Å². The molecule has 0 atom stereocenters. The zero-order valence-electron chi connectivity index (χ0n) is 5.27. The van der Waals surface area contributed by atoms with E-state index in [0.717, 1.165) is 0 Å². The molecule has 0 radical (unpaired) electrons. The molecular weight excluding hydrogens is 191 g/mol. The second kappa shape index (κ2) is 16.8. The molecule has 0 aromatic heterocycles. The van der Waals surface area contributed by atoms with Crippen LogP contribution < -0.4 is 73.1 Å². The van der Waals surface area contributed by atoms with Gasteiger partial charge in [-0.3, -0.25) is 0 Å². The SMILES string of the molecule is O=[N+]([O-])[O-].[Na+].[Na+].[O-][Cl+2]([O-])[O-]. The third-order valence-corrected chi connectivity index (χ3v) is 0. The topological polar surface area (TPSA) is 135 Å². The maximum absolute atomic E-state index is 8.41. The van der Waals surface area contributed by atoms with Crippen molar-refractivity contribution in [3.8, 4) is 0 Å². The average Bonchev–Trinajstić information content (AvgIpc) is 1.25. The molecular formula is ClNNa2O6. The summed E-state index contributed by atoms with van der Waals surface area (Å²) in [6.07, 6.45) is 0. The zero-order valence-corrected chi connectivity index (χ0v) is 10.0. The summed E-state index contributed by atoms with van der Waals surface area (Å²) < 4.78 is 25.2. The molecule has 0 N–H and O–H groups in total. The van der Waals surface area contributed by atoms with Gasteiger partial charge in [0, 0.05) is 0 Å². The molecule has 0 aromatic carbocycles. The summed E-state index contributed by atoms with van der Waals surface area (Å²) in [4.78, 5) is 8.25. The third-order valence-electron chi connectivity index (χ3n) is 0. The van der Waals surface area contributed by atoms with Gasteiger partial charge in [-0.25, -0.2) is 0 Å². The molecule has 0 saturated heterocycles. The number of hydrogen-bond donors (Lipinski definition) is 0. The van der Waals surface area contributed by atoms with Gasteiger partial charge in [0.1, 0.15) is 0 Å². The number of hydrogen-bond acceptors (Lipinski definition) is 6. The van der Waals surface area contributed by atoms with Crippen molar-refractivity contribution in [2.45, 2.75) is 0 Å². The maximum atomic E-state index is 8.41. The molecule has 0 aliphatic heterocycles. The van der Waals surface area contributed by atoms with Gasteiger partial charge >= 0.3 is 59.1 Å². The van der Waals surface area contributed by atoms with E-state index in [-0.39, 0.29) is 59.1 Å². The molecule has 10 heavy (non-hydrogen) atoms. The van der Waals surface area contributed by atoms with Crippen LogP contribution in [0.2, 0.25) is 0 Å². The van der Waals surface area contributed by atoms with Crippen LogP contribution in [0.25, 0.3) is 0 Å². The van der Waals surface area contributed by atoms with Crippen LogP contribution in [0.1, 0.15) is 0 Å². The molecule has 0 aromatic rings. The van der Waals surface area contributed by atoms with Gasteiger partial charge in [-0.2, -0.15) is 0 Å². The van der Waals surface area contributed by atoms with Gasteiger partial charge in [-0.1, -0.05) is 0 Å². The minimum Gasteiger partial charge on any atom is -0.357 e. The molecule has 0 saturated carbocycles. The predicted molar refractivity (Wildman–Crippen MR) is 10.4 cm³/mol. The number of nitrogens with zero attached hydrogens (tertiary/aromatic N) is 1. The van der Waals surface area contributed by atoms with Crippen molar-refractivity contribution in [3.63, 3.8) is 0 Å². The Morgan fingerprint density at radius 1 is 1.00 bits per heavy atom. The van der Waals surface area contributed by atoms with Gasteiger partial charge in [-0.15, -0.1) is 0 Å². The summed E-state index contributed by atoms with van der Waals surface area (Å²) in [5, 5.41) is 14.8. The monoisotopic (exact) mass is 191 g/mol. The Labute approximate surface area is 103 Å². The minimum atomic E-state index is -2.85. The molecule has 0 rings (SSSR count). The van der Waals surface area contributed by atoms with E-state index in [2.05, 4.69) is 0 Å². The Bertz CT molecular complexity index is 60.0. The fourth-order valence-electron chi connectivity index (χ4n) is 0. The van der Waals surface area contributed by atoms with Gasteiger partial charge in [0.05, 0.1) is 15.9 Å². The van der Waals surface area contributed by atoms with Crippen LogP contribution in [0, 0.1) is 26.1 Å². The van der Waals surface area contributed by atoms with Crippen LogP contribution in [-0.4, -0.2) is 5.09 Å². The van der Waals surface area contributed by atoms with E-state index in [4.69, 9.17) is 29.3 Å². The van der Waals surface area contributed by atoms with Crippen LogP contribution >= 0.6 is 0 Å². The summed E-state index contributed by atoms with van der Waals surface area (Å²) in [6.45, 7) is 0. The molecule has 0 amide bonds. The fourth-order valence-corrected chi connectivity index (χ4v) is 0. The van der Waals surface area contributed by atoms with E-state index in [9.17, 15) is 0 Å². The van der Waals surface area contributed by atoms with Gasteiger partial charge in [-0.05, 0) is 0 Å². The largest absolute Gasteiger partial charge is 1.00 e. The first kappa shape index (κ1) is 22.5. The first-order valence-electron chi connectivity index (χ1n) is 1.01. The van der Waals surface area contributed by atoms with Crippen LogP contribution in [0.4, 0.5) is 0 Å². The summed E-state index contributed by atoms with van der Waals surface area (Å²) in [7, 11) is -2.85. The quantitative estimate of drug-likeness (QED) is 0.212. The van der Waals surface area contributed by atoms with E-state index >= 15 is 0 Å². The zero-order chi connectivity index (χ0) is 7.15. The van der Waals surface area contributed by atoms with Crippen LogP contribution in [0.5, 0.6) is 0 Å². The number of rotatable bonds is 0. The molecule has 7 nitrogen and oxygen atoms in total. The molecule has 0 bridgehead atoms. The van der Waals surface area contributed by atoms with Crippen molar-refractivity contribution >= 4 is 0 Å². The Kier molecular flexibility index (Phi) is 37.7. The smallest absolute Gasteiger partial charge is 0.357 e. The van der Waals surface area contributed by atoms with Crippen LogP contribution in [-0.2, 0) is 0 Å². The molecule has 0 unspecified atom stereocenters. The van der Waals surface area contributed by atoms with Crippen molar-refractivity contribution in [3.05, 3.63) is 15.3 Å². The van der Waals surface area contributed by atoms with E-state index in [1.807, 2.05) is 0 Å². The molecule has 0 aliphatic rings. The first-order valence-corrected chi connectivity index (χ1v) is 1.94. The predicted octanol–water partition coefficient (Wildman–Crippen LogP) is -9.80. The molecule has 0 fully saturated rings. The van der Waals surface area contributed by atoms with Crippen molar-refractivity contribution < 1.29 is 89.0 Å². The van der Waals surface area contributed by atoms with Crippen molar-refractivity contribution in [2.24, 2.45) is 0 Å². The Morgan fingerprint density at radius 2 is 1.00 bits per heavy atom. The van der Waals surface area contributed by atoms with Crippen molar-refractivity contribution in [1.82, 2.24) is 0 Å². The Hall–Kier alpha value is 1.37. The first-order chi connectivity index (χ1) is 3.46. The summed E-state index contributed by atoms with van der Waals surface area (Å²) in [6, 6.07) is 0. The van der Waals surface area contributed by atoms with Crippen LogP contribution in [0.3, 0.4) is 0 Å². The maximum Gasteiger partial charge on any atom is 1.00 e. The van der Waals surface area contributed by atoms with Gasteiger partial charge < -0.3 is 29.3 Å². The summed E-state index contributed by atoms with van der Waals surface area (Å²) in [5.41, 5.74) is 0. The average molecular weight is 191 g/mol. The normalized spacial score (nSPS) is 6.00. The molecule has 0 spiro atoms. The Morgan fingerprint density at radius 3 is 1.00 bits per heavy atom.